The average molecular weight is 758 g/mol. The van der Waals surface area contributed by atoms with Crippen LogP contribution in [0.15, 0.2) is 0 Å². The fourth-order valence-corrected chi connectivity index (χ4v) is 6.96. The Morgan fingerprint density at radius 3 is 1.30 bits per heavy atom. The van der Waals surface area contributed by atoms with Gasteiger partial charge in [-0.05, 0) is 57.8 Å². The lowest BCUT2D eigenvalue weighted by atomic mass is 10.0. The number of unbranched alkanes of at least 4 members (excludes halogenated alkanes) is 24. The monoisotopic (exact) mass is 758 g/mol. The smallest absolute Gasteiger partial charge is 0.317 e. The molecule has 316 valence electrons. The van der Waals surface area contributed by atoms with E-state index in [-0.39, 0.29) is 18.0 Å². The second-order valence-electron chi connectivity index (χ2n) is 15.7. The molecule has 9 heteroatoms. The van der Waals surface area contributed by atoms with E-state index in [9.17, 15) is 30.0 Å². The molecule has 4 N–H and O–H groups in total. The van der Waals surface area contributed by atoms with Crippen LogP contribution >= 0.6 is 0 Å². The first-order valence-electron chi connectivity index (χ1n) is 22.6. The minimum atomic E-state index is -3.21. The molecule has 0 fully saturated rings. The number of hydrogen-bond donors (Lipinski definition) is 4. The van der Waals surface area contributed by atoms with E-state index in [1.807, 2.05) is 0 Å². The van der Waals surface area contributed by atoms with E-state index in [2.05, 4.69) is 20.8 Å². The summed E-state index contributed by atoms with van der Waals surface area (Å²) in [5.74, 6) is -3.48. The van der Waals surface area contributed by atoms with Gasteiger partial charge in [0.05, 0.1) is 6.61 Å². The summed E-state index contributed by atoms with van der Waals surface area (Å²) in [6.45, 7) is 7.93. The number of aliphatic hydroxyl groups excluding tert-OH is 1. The van der Waals surface area contributed by atoms with Gasteiger partial charge in [0.15, 0.2) is 6.23 Å². The molecular formula is C44H87NO8. The number of ether oxygens (including phenoxy) is 2. The van der Waals surface area contributed by atoms with Gasteiger partial charge in [-0.15, -0.1) is 0 Å². The highest BCUT2D eigenvalue weighted by Gasteiger charge is 2.35. The van der Waals surface area contributed by atoms with Gasteiger partial charge < -0.3 is 29.9 Å². The average Bonchev–Trinajstić information content (AvgIpc) is 3.12. The minimum Gasteiger partial charge on any atom is -0.466 e. The summed E-state index contributed by atoms with van der Waals surface area (Å²) in [5.41, 5.74) is 0. The zero-order chi connectivity index (χ0) is 39.3. The lowest BCUT2D eigenvalue weighted by Gasteiger charge is -2.32. The van der Waals surface area contributed by atoms with Gasteiger partial charge in [0.2, 0.25) is 0 Å². The predicted octanol–water partition coefficient (Wildman–Crippen LogP) is 10.6. The molecule has 0 radical (unpaired) electrons. The molecule has 0 saturated heterocycles. The van der Waals surface area contributed by atoms with Crippen molar-refractivity contribution in [3.05, 3.63) is 0 Å². The van der Waals surface area contributed by atoms with Crippen LogP contribution in [0.5, 0.6) is 0 Å². The van der Waals surface area contributed by atoms with Gasteiger partial charge in [0.25, 0.3) is 0 Å². The molecule has 0 saturated carbocycles. The first-order valence-corrected chi connectivity index (χ1v) is 22.6. The molecule has 0 rings (SSSR count). The van der Waals surface area contributed by atoms with Gasteiger partial charge >= 0.3 is 17.9 Å². The highest BCUT2D eigenvalue weighted by molar-refractivity contribution is 5.69. The molecule has 0 aliphatic rings. The molecule has 0 aliphatic heterocycles. The summed E-state index contributed by atoms with van der Waals surface area (Å²) in [6.07, 6.45) is 33.0. The number of carbonyl (C=O) groups excluding carboxylic acids is 2. The van der Waals surface area contributed by atoms with Crippen molar-refractivity contribution >= 4 is 11.9 Å². The summed E-state index contributed by atoms with van der Waals surface area (Å²) in [4.78, 5) is 26.3. The number of aliphatic hydroxyl groups is 4. The van der Waals surface area contributed by atoms with Crippen LogP contribution in [0.25, 0.3) is 0 Å². The molecule has 0 bridgehead atoms. The minimum absolute atomic E-state index is 0.0390. The molecule has 9 nitrogen and oxygen atoms in total. The molecule has 0 amide bonds. The Hall–Kier alpha value is -1.26. The maximum absolute atomic E-state index is 12.7. The van der Waals surface area contributed by atoms with Gasteiger partial charge in [-0.1, -0.05) is 162 Å². The second-order valence-corrected chi connectivity index (χ2v) is 15.7. The predicted molar refractivity (Wildman–Crippen MR) is 217 cm³/mol. The summed E-state index contributed by atoms with van der Waals surface area (Å²) in [7, 11) is 0. The van der Waals surface area contributed by atoms with Crippen LogP contribution in [0.3, 0.4) is 0 Å². The van der Waals surface area contributed by atoms with Gasteiger partial charge in [-0.2, -0.15) is 0 Å². The molecule has 1 atom stereocenters. The largest absolute Gasteiger partial charge is 0.466 e. The summed E-state index contributed by atoms with van der Waals surface area (Å²) in [5, 5.41) is 39.2. The second kappa shape index (κ2) is 37.7. The topological polar surface area (TPSA) is 137 Å². The summed E-state index contributed by atoms with van der Waals surface area (Å²) in [6, 6.07) is 0. The van der Waals surface area contributed by atoms with E-state index in [4.69, 9.17) is 9.47 Å². The fraction of sp³-hybridized carbons (Fsp3) is 0.955. The molecule has 0 aliphatic carbocycles. The normalized spacial score (nSPS) is 12.5. The molecule has 0 aromatic rings. The number of hydrogen-bond acceptors (Lipinski definition) is 9. The third kappa shape index (κ3) is 34.9. The molecule has 0 aromatic carbocycles. The van der Waals surface area contributed by atoms with E-state index in [1.165, 1.54) is 114 Å². The van der Waals surface area contributed by atoms with E-state index in [1.54, 1.807) is 0 Å². The maximum Gasteiger partial charge on any atom is 0.317 e. The van der Waals surface area contributed by atoms with E-state index < -0.39 is 12.2 Å². The maximum atomic E-state index is 12.7. The molecule has 0 spiro atoms. The lowest BCUT2D eigenvalue weighted by molar-refractivity contribution is -0.379. The summed E-state index contributed by atoms with van der Waals surface area (Å²) < 4.78 is 11.3. The van der Waals surface area contributed by atoms with Crippen molar-refractivity contribution in [1.29, 1.82) is 0 Å². The van der Waals surface area contributed by atoms with Crippen molar-refractivity contribution in [3.8, 4) is 0 Å². The van der Waals surface area contributed by atoms with E-state index >= 15 is 0 Å². The third-order valence-corrected chi connectivity index (χ3v) is 10.4. The quantitative estimate of drug-likeness (QED) is 0.0273. The summed E-state index contributed by atoms with van der Waals surface area (Å²) >= 11 is 0. The van der Waals surface area contributed by atoms with Crippen molar-refractivity contribution in [2.45, 2.75) is 251 Å². The van der Waals surface area contributed by atoms with Crippen molar-refractivity contribution < 1.29 is 39.5 Å². The highest BCUT2D eigenvalue weighted by Crippen LogP contribution is 2.19. The van der Waals surface area contributed by atoms with Crippen molar-refractivity contribution in [2.24, 2.45) is 0 Å². The van der Waals surface area contributed by atoms with Crippen molar-refractivity contribution in [1.82, 2.24) is 4.90 Å². The lowest BCUT2D eigenvalue weighted by Crippen LogP contribution is -2.53. The van der Waals surface area contributed by atoms with Gasteiger partial charge in [-0.3, -0.25) is 14.5 Å². The first kappa shape index (κ1) is 51.7. The van der Waals surface area contributed by atoms with Crippen LogP contribution in [0, 0.1) is 0 Å². The van der Waals surface area contributed by atoms with Gasteiger partial charge in [0.1, 0.15) is 6.10 Å². The van der Waals surface area contributed by atoms with Crippen LogP contribution in [0.1, 0.15) is 233 Å². The Morgan fingerprint density at radius 2 is 0.849 bits per heavy atom. The Morgan fingerprint density at radius 1 is 0.491 bits per heavy atom. The fourth-order valence-electron chi connectivity index (χ4n) is 6.96. The zero-order valence-electron chi connectivity index (χ0n) is 35.0. The van der Waals surface area contributed by atoms with Gasteiger partial charge in [-0.25, -0.2) is 0 Å². The first-order chi connectivity index (χ1) is 25.6. The molecule has 0 heterocycles. The van der Waals surface area contributed by atoms with Crippen molar-refractivity contribution in [2.75, 3.05) is 19.7 Å². The van der Waals surface area contributed by atoms with Crippen LogP contribution < -0.4 is 0 Å². The van der Waals surface area contributed by atoms with Crippen LogP contribution in [-0.2, 0) is 19.1 Å². The third-order valence-electron chi connectivity index (χ3n) is 10.4. The Bertz CT molecular complexity index is 789. The number of nitrogens with zero attached hydrogens (tertiary/aromatic N) is 1. The molecule has 53 heavy (non-hydrogen) atoms. The molecular weight excluding hydrogens is 670 g/mol. The number of rotatable bonds is 41. The highest BCUT2D eigenvalue weighted by atomic mass is 16.7. The Labute approximate surface area is 326 Å². The molecule has 0 aromatic heterocycles. The molecule has 1 unspecified atom stereocenters. The van der Waals surface area contributed by atoms with Crippen LogP contribution in [0.4, 0.5) is 0 Å². The number of esters is 2. The SMILES string of the molecule is CCCCCCCCCCCOC(=O)CCCCCN(CCCCCCCC(=O)OC(CCCCCCCC)CCCCCCCC)C(O)C(O)(O)O. The standard InChI is InChI=1S/C44H87NO8/c1-4-7-10-13-16-17-18-24-32-39-52-41(46)35-29-25-31-38-45(43(48)44(49,50)51)37-30-23-19-22-28-36-42(47)53-40(33-26-20-14-11-8-5-2)34-27-21-15-12-9-6-3/h40,43,48-51H,4-39H2,1-3H3. The van der Waals surface area contributed by atoms with E-state index in [0.29, 0.717) is 51.8 Å². The number of carbonyl (C=O) groups is 2. The Kier molecular flexibility index (Phi) is 36.8. The van der Waals surface area contributed by atoms with Crippen molar-refractivity contribution in [3.63, 3.8) is 0 Å². The van der Waals surface area contributed by atoms with E-state index in [0.717, 1.165) is 70.6 Å². The van der Waals surface area contributed by atoms with Gasteiger partial charge in [0, 0.05) is 25.9 Å². The zero-order valence-corrected chi connectivity index (χ0v) is 35.0. The van der Waals surface area contributed by atoms with Crippen LogP contribution in [-0.4, -0.2) is 75.3 Å². The Balaban J connectivity index is 4.26. The van der Waals surface area contributed by atoms with Crippen LogP contribution in [0.2, 0.25) is 0 Å².